The fourth-order valence-electron chi connectivity index (χ4n) is 5.08. The van der Waals surface area contributed by atoms with E-state index < -0.39 is 6.10 Å². The predicted molar refractivity (Wildman–Crippen MR) is 121 cm³/mol. The molecule has 0 radical (unpaired) electrons. The molecule has 4 atom stereocenters. The summed E-state index contributed by atoms with van der Waals surface area (Å²) in [5, 5.41) is 17.6. The van der Waals surface area contributed by atoms with Crippen LogP contribution in [0.15, 0.2) is 30.6 Å². The van der Waals surface area contributed by atoms with Crippen LogP contribution in [-0.2, 0) is 22.6 Å². The second-order valence-electron chi connectivity index (χ2n) is 8.77. The molecule has 1 saturated heterocycles. The minimum atomic E-state index is -0.542. The molecule has 3 heterocycles. The van der Waals surface area contributed by atoms with Gasteiger partial charge in [0.25, 0.3) is 6.47 Å². The Morgan fingerprint density at radius 3 is 2.74 bits per heavy atom. The van der Waals surface area contributed by atoms with E-state index in [1.807, 2.05) is 29.3 Å². The van der Waals surface area contributed by atoms with Crippen LogP contribution in [0.5, 0.6) is 17.2 Å². The number of nitrogens with zero attached hydrogens (tertiary/aromatic N) is 3. The van der Waals surface area contributed by atoms with Crippen molar-refractivity contribution < 1.29 is 34.0 Å². The number of ether oxygens (including phenoxy) is 3. The zero-order chi connectivity index (χ0) is 24.1. The first-order valence-electron chi connectivity index (χ1n) is 11.6. The highest BCUT2D eigenvalue weighted by molar-refractivity contribution is 5.76. The standard InChI is InChI=1S/C23H29N3O5.CH2O2/c1-2-22-24-6-8-25(22)7-5-23(28)26-12-15-9-18(27)20(10-16(15)13-26)31-17-3-4-19-21(11-17)30-14-29-19;2-1-3/h3-4,6,8,11,15-16,18,20,27H,2,5,7,9-10,12-14H2,1H3;1H,(H,2,3)/t15-,16+,18+,20+;/m0./s1. The number of amides is 1. The van der Waals surface area contributed by atoms with Gasteiger partial charge in [-0.15, -0.1) is 0 Å². The van der Waals surface area contributed by atoms with Crippen molar-refractivity contribution in [2.75, 3.05) is 19.9 Å². The van der Waals surface area contributed by atoms with Crippen LogP contribution in [0.2, 0.25) is 0 Å². The zero-order valence-electron chi connectivity index (χ0n) is 19.2. The molecular formula is C24H31N3O7. The quantitative estimate of drug-likeness (QED) is 0.610. The average molecular weight is 474 g/mol. The summed E-state index contributed by atoms with van der Waals surface area (Å²) in [4.78, 5) is 27.5. The number of rotatable bonds is 6. The number of benzene rings is 1. The molecule has 2 N–H and O–H groups in total. The maximum atomic E-state index is 12.8. The summed E-state index contributed by atoms with van der Waals surface area (Å²) in [6.07, 6.45) is 5.63. The summed E-state index contributed by atoms with van der Waals surface area (Å²) in [6.45, 7) is 4.16. The van der Waals surface area contributed by atoms with E-state index in [9.17, 15) is 9.90 Å². The molecule has 1 aromatic heterocycles. The first-order valence-corrected chi connectivity index (χ1v) is 11.6. The van der Waals surface area contributed by atoms with E-state index >= 15 is 0 Å². The largest absolute Gasteiger partial charge is 0.488 e. The Morgan fingerprint density at radius 2 is 1.97 bits per heavy atom. The number of aromatic nitrogens is 2. The second-order valence-corrected chi connectivity index (χ2v) is 8.77. The molecule has 0 bridgehead atoms. The zero-order valence-corrected chi connectivity index (χ0v) is 19.2. The Bertz CT molecular complexity index is 995. The van der Waals surface area contributed by atoms with Gasteiger partial charge in [-0.1, -0.05) is 6.92 Å². The number of hydrogen-bond acceptors (Lipinski definition) is 7. The normalized spacial score (nSPS) is 24.7. The minimum Gasteiger partial charge on any atom is -0.488 e. The Labute approximate surface area is 198 Å². The van der Waals surface area contributed by atoms with E-state index in [4.69, 9.17) is 24.1 Å². The number of aliphatic hydroxyl groups is 1. The molecule has 1 aromatic carbocycles. The fraction of sp³-hybridized carbons (Fsp3) is 0.542. The van der Waals surface area contributed by atoms with Gasteiger partial charge in [0.1, 0.15) is 17.7 Å². The van der Waals surface area contributed by atoms with Crippen LogP contribution in [0.25, 0.3) is 0 Å². The molecule has 10 nitrogen and oxygen atoms in total. The van der Waals surface area contributed by atoms with Crippen LogP contribution in [0.1, 0.15) is 32.0 Å². The molecule has 1 saturated carbocycles. The molecule has 34 heavy (non-hydrogen) atoms. The molecule has 0 spiro atoms. The van der Waals surface area contributed by atoms with Crippen molar-refractivity contribution in [3.8, 4) is 17.2 Å². The van der Waals surface area contributed by atoms with Crippen molar-refractivity contribution in [1.29, 1.82) is 0 Å². The van der Waals surface area contributed by atoms with Crippen LogP contribution in [0, 0.1) is 11.8 Å². The third kappa shape index (κ3) is 5.27. The molecule has 2 aromatic rings. The first kappa shape index (κ1) is 23.9. The molecule has 2 fully saturated rings. The van der Waals surface area contributed by atoms with Gasteiger partial charge in [-0.05, 0) is 36.8 Å². The third-order valence-corrected chi connectivity index (χ3v) is 6.75. The van der Waals surface area contributed by atoms with Crippen molar-refractivity contribution in [3.63, 3.8) is 0 Å². The first-order chi connectivity index (χ1) is 16.5. The van der Waals surface area contributed by atoms with Gasteiger partial charge in [0, 0.05) is 50.9 Å². The van der Waals surface area contributed by atoms with E-state index in [1.54, 1.807) is 6.20 Å². The minimum absolute atomic E-state index is 0.174. The van der Waals surface area contributed by atoms with Gasteiger partial charge < -0.3 is 33.9 Å². The topological polar surface area (TPSA) is 123 Å². The van der Waals surface area contributed by atoms with Gasteiger partial charge in [-0.3, -0.25) is 9.59 Å². The van der Waals surface area contributed by atoms with Crippen LogP contribution in [0.4, 0.5) is 0 Å². The number of carbonyl (C=O) groups excluding carboxylic acids is 1. The van der Waals surface area contributed by atoms with Gasteiger partial charge in [0.05, 0.1) is 6.10 Å². The van der Waals surface area contributed by atoms with E-state index in [0.29, 0.717) is 48.5 Å². The molecule has 1 amide bonds. The maximum absolute atomic E-state index is 12.8. The lowest BCUT2D eigenvalue weighted by molar-refractivity contribution is -0.130. The molecule has 10 heteroatoms. The number of aliphatic hydroxyl groups excluding tert-OH is 1. The number of hydrogen-bond donors (Lipinski definition) is 2. The van der Waals surface area contributed by atoms with E-state index in [2.05, 4.69) is 16.5 Å². The summed E-state index contributed by atoms with van der Waals surface area (Å²) in [6, 6.07) is 5.49. The van der Waals surface area contributed by atoms with Gasteiger partial charge in [0.15, 0.2) is 11.5 Å². The molecule has 0 unspecified atom stereocenters. The SMILES string of the molecule is CCc1nccn1CCC(=O)N1C[C@H]2C[C@@H](Oc3ccc4c(c3)OCO4)[C@H](O)C[C@H]2C1.O=CO. The molecule has 1 aliphatic carbocycles. The van der Waals surface area contributed by atoms with Crippen LogP contribution < -0.4 is 14.2 Å². The van der Waals surface area contributed by atoms with Crippen molar-refractivity contribution in [2.45, 2.75) is 51.4 Å². The Morgan fingerprint density at radius 1 is 1.24 bits per heavy atom. The monoisotopic (exact) mass is 473 g/mol. The van der Waals surface area contributed by atoms with Crippen molar-refractivity contribution in [1.82, 2.24) is 14.5 Å². The highest BCUT2D eigenvalue weighted by Crippen LogP contribution is 2.40. The predicted octanol–water partition coefficient (Wildman–Crippen LogP) is 1.94. The lowest BCUT2D eigenvalue weighted by Gasteiger charge is -2.35. The number of fused-ring (bicyclic) bond motifs is 2. The summed E-state index contributed by atoms with van der Waals surface area (Å²) >= 11 is 0. The Kier molecular flexibility index (Phi) is 7.56. The second kappa shape index (κ2) is 10.8. The van der Waals surface area contributed by atoms with Crippen LogP contribution in [-0.4, -0.2) is 69.1 Å². The lowest BCUT2D eigenvalue weighted by Crippen LogP contribution is -2.42. The van der Waals surface area contributed by atoms with E-state index in [0.717, 1.165) is 31.8 Å². The highest BCUT2D eigenvalue weighted by Gasteiger charge is 2.43. The molecule has 184 valence electrons. The maximum Gasteiger partial charge on any atom is 0.290 e. The number of carbonyl (C=O) groups is 2. The van der Waals surface area contributed by atoms with Crippen LogP contribution >= 0.6 is 0 Å². The van der Waals surface area contributed by atoms with Gasteiger partial charge >= 0.3 is 0 Å². The van der Waals surface area contributed by atoms with Crippen molar-refractivity contribution in [3.05, 3.63) is 36.4 Å². The van der Waals surface area contributed by atoms with E-state index in [-0.39, 0.29) is 25.3 Å². The molecule has 5 rings (SSSR count). The van der Waals surface area contributed by atoms with Crippen LogP contribution in [0.3, 0.4) is 0 Å². The summed E-state index contributed by atoms with van der Waals surface area (Å²) in [5.74, 6) is 3.92. The molecule has 2 aliphatic heterocycles. The van der Waals surface area contributed by atoms with Crippen molar-refractivity contribution >= 4 is 12.4 Å². The summed E-state index contributed by atoms with van der Waals surface area (Å²) in [7, 11) is 0. The number of aryl methyl sites for hydroxylation is 2. The Hall–Kier alpha value is -3.27. The highest BCUT2D eigenvalue weighted by atomic mass is 16.7. The number of carboxylic acid groups (broad SMARTS) is 1. The molecular weight excluding hydrogens is 442 g/mol. The van der Waals surface area contributed by atoms with Gasteiger partial charge in [-0.2, -0.15) is 0 Å². The molecule has 3 aliphatic rings. The smallest absolute Gasteiger partial charge is 0.290 e. The van der Waals surface area contributed by atoms with Crippen molar-refractivity contribution in [2.24, 2.45) is 11.8 Å². The third-order valence-electron chi connectivity index (χ3n) is 6.75. The lowest BCUT2D eigenvalue weighted by atomic mass is 9.78. The number of imidazole rings is 1. The van der Waals surface area contributed by atoms with Gasteiger partial charge in [0.2, 0.25) is 12.7 Å². The van der Waals surface area contributed by atoms with E-state index in [1.165, 1.54) is 0 Å². The fourth-order valence-corrected chi connectivity index (χ4v) is 5.08. The number of likely N-dealkylation sites (tertiary alicyclic amines) is 1. The Balaban J connectivity index is 0.000000868. The van der Waals surface area contributed by atoms with Gasteiger partial charge in [-0.25, -0.2) is 4.98 Å². The average Bonchev–Trinajstić information content (AvgIpc) is 3.57. The summed E-state index contributed by atoms with van der Waals surface area (Å²) < 4.78 is 18.9. The summed E-state index contributed by atoms with van der Waals surface area (Å²) in [5.41, 5.74) is 0.